The molecule has 5 rings (SSSR count). The Bertz CT molecular complexity index is 1390. The molecule has 1 N–H and O–H groups in total. The number of fused-ring (bicyclic) bond motifs is 1. The van der Waals surface area contributed by atoms with Crippen molar-refractivity contribution in [3.8, 4) is 22.5 Å². The molecule has 8 nitrogen and oxygen atoms in total. The number of hydrogen-bond donors (Lipinski definition) is 1. The Morgan fingerprint density at radius 1 is 1.03 bits per heavy atom. The van der Waals surface area contributed by atoms with Gasteiger partial charge in [-0.1, -0.05) is 30.3 Å². The second kappa shape index (κ2) is 9.17. The van der Waals surface area contributed by atoms with Gasteiger partial charge in [-0.3, -0.25) is 0 Å². The second-order valence-corrected chi connectivity index (χ2v) is 10.6. The SMILES string of the molecule is CN(C)S(=O)(=O)c1ccc(-c2oc3ncnc(NCC4CCCO4)c3c2-c2ccccc2)cc1. The summed E-state index contributed by atoms with van der Waals surface area (Å²) < 4.78 is 38.2. The third-order valence-corrected chi connectivity index (χ3v) is 7.80. The third kappa shape index (κ3) is 4.18. The van der Waals surface area contributed by atoms with E-state index in [1.54, 1.807) is 24.3 Å². The van der Waals surface area contributed by atoms with E-state index in [0.717, 1.165) is 41.5 Å². The van der Waals surface area contributed by atoms with Gasteiger partial charge >= 0.3 is 0 Å². The monoisotopic (exact) mass is 478 g/mol. The Morgan fingerprint density at radius 2 is 1.79 bits per heavy atom. The molecule has 0 aliphatic carbocycles. The first-order valence-electron chi connectivity index (χ1n) is 11.2. The number of nitrogens with zero attached hydrogens (tertiary/aromatic N) is 3. The highest BCUT2D eigenvalue weighted by Crippen LogP contribution is 2.42. The van der Waals surface area contributed by atoms with E-state index in [9.17, 15) is 8.42 Å². The van der Waals surface area contributed by atoms with Crippen molar-refractivity contribution < 1.29 is 17.6 Å². The molecule has 0 saturated carbocycles. The van der Waals surface area contributed by atoms with Gasteiger partial charge in [-0.2, -0.15) is 0 Å². The molecule has 0 bridgehead atoms. The standard InChI is InChI=1S/C25H26N4O4S/c1-29(2)34(30,31)20-12-10-18(11-13-20)23-21(17-7-4-3-5-8-17)22-24(27-16-28-25(22)33-23)26-15-19-9-6-14-32-19/h3-5,7-8,10-13,16,19H,6,9,14-15H2,1-2H3,(H,26,27,28). The highest BCUT2D eigenvalue weighted by atomic mass is 32.2. The van der Waals surface area contributed by atoms with Crippen LogP contribution in [0, 0.1) is 0 Å². The summed E-state index contributed by atoms with van der Waals surface area (Å²) >= 11 is 0. The third-order valence-electron chi connectivity index (χ3n) is 5.97. The zero-order valence-corrected chi connectivity index (χ0v) is 19.9. The largest absolute Gasteiger partial charge is 0.437 e. The first-order chi connectivity index (χ1) is 16.4. The molecular weight excluding hydrogens is 452 g/mol. The summed E-state index contributed by atoms with van der Waals surface area (Å²) in [6, 6.07) is 16.6. The lowest BCUT2D eigenvalue weighted by atomic mass is 9.99. The van der Waals surface area contributed by atoms with Crippen molar-refractivity contribution in [2.24, 2.45) is 0 Å². The molecule has 3 heterocycles. The van der Waals surface area contributed by atoms with Crippen LogP contribution >= 0.6 is 0 Å². The Labute approximate surface area is 198 Å². The molecule has 176 valence electrons. The fourth-order valence-electron chi connectivity index (χ4n) is 4.16. The summed E-state index contributed by atoms with van der Waals surface area (Å²) in [5, 5.41) is 4.21. The fraction of sp³-hybridized carbons (Fsp3) is 0.280. The minimum absolute atomic E-state index is 0.155. The van der Waals surface area contributed by atoms with Gasteiger partial charge in [0.1, 0.15) is 17.9 Å². The number of anilines is 1. The van der Waals surface area contributed by atoms with Gasteiger partial charge in [-0.15, -0.1) is 0 Å². The van der Waals surface area contributed by atoms with Gasteiger partial charge in [0.2, 0.25) is 15.7 Å². The average molecular weight is 479 g/mol. The first-order valence-corrected chi connectivity index (χ1v) is 12.6. The van der Waals surface area contributed by atoms with E-state index in [1.165, 1.54) is 24.7 Å². The van der Waals surface area contributed by atoms with Crippen LogP contribution in [-0.2, 0) is 14.8 Å². The maximum Gasteiger partial charge on any atom is 0.242 e. The number of sulfonamides is 1. The zero-order valence-electron chi connectivity index (χ0n) is 19.1. The molecule has 1 aliphatic rings. The van der Waals surface area contributed by atoms with Crippen LogP contribution in [0.2, 0.25) is 0 Å². The molecule has 0 spiro atoms. The predicted molar refractivity (Wildman–Crippen MR) is 131 cm³/mol. The maximum absolute atomic E-state index is 12.5. The van der Waals surface area contributed by atoms with Crippen LogP contribution in [0.5, 0.6) is 0 Å². The molecule has 0 amide bonds. The molecule has 2 aromatic heterocycles. The van der Waals surface area contributed by atoms with Gasteiger partial charge in [-0.25, -0.2) is 22.7 Å². The molecule has 2 aromatic carbocycles. The quantitative estimate of drug-likeness (QED) is 0.420. The van der Waals surface area contributed by atoms with Crippen molar-refractivity contribution in [2.75, 3.05) is 32.6 Å². The summed E-state index contributed by atoms with van der Waals surface area (Å²) in [6.45, 7) is 1.44. The number of hydrogen-bond acceptors (Lipinski definition) is 7. The Hall–Kier alpha value is -3.27. The highest BCUT2D eigenvalue weighted by Gasteiger charge is 2.24. The average Bonchev–Trinajstić information content (AvgIpc) is 3.51. The van der Waals surface area contributed by atoms with Crippen molar-refractivity contribution >= 4 is 26.9 Å². The number of rotatable bonds is 7. The first kappa shape index (κ1) is 22.5. The lowest BCUT2D eigenvalue weighted by molar-refractivity contribution is 0.120. The van der Waals surface area contributed by atoms with E-state index in [4.69, 9.17) is 9.15 Å². The van der Waals surface area contributed by atoms with Gasteiger partial charge in [0.15, 0.2) is 0 Å². The second-order valence-electron chi connectivity index (χ2n) is 8.40. The molecule has 9 heteroatoms. The van der Waals surface area contributed by atoms with Gasteiger partial charge in [-0.05, 0) is 42.7 Å². The van der Waals surface area contributed by atoms with E-state index in [0.29, 0.717) is 23.8 Å². The van der Waals surface area contributed by atoms with Crippen molar-refractivity contribution in [1.82, 2.24) is 14.3 Å². The van der Waals surface area contributed by atoms with Crippen molar-refractivity contribution in [3.63, 3.8) is 0 Å². The number of nitrogens with one attached hydrogen (secondary N) is 1. The smallest absolute Gasteiger partial charge is 0.242 e. The van der Waals surface area contributed by atoms with E-state index in [-0.39, 0.29) is 11.0 Å². The summed E-state index contributed by atoms with van der Waals surface area (Å²) in [4.78, 5) is 9.11. The Kier molecular flexibility index (Phi) is 6.07. The number of furan rings is 1. The highest BCUT2D eigenvalue weighted by molar-refractivity contribution is 7.89. The summed E-state index contributed by atoms with van der Waals surface area (Å²) in [5.41, 5.74) is 3.02. The Balaban J connectivity index is 1.63. The zero-order chi connectivity index (χ0) is 23.7. The van der Waals surface area contributed by atoms with Crippen molar-refractivity contribution in [1.29, 1.82) is 0 Å². The predicted octanol–water partition coefficient (Wildman–Crippen LogP) is 4.40. The van der Waals surface area contributed by atoms with Crippen LogP contribution in [0.4, 0.5) is 5.82 Å². The molecular formula is C25H26N4O4S. The van der Waals surface area contributed by atoms with Crippen LogP contribution in [0.1, 0.15) is 12.8 Å². The number of benzene rings is 2. The minimum Gasteiger partial charge on any atom is -0.437 e. The van der Waals surface area contributed by atoms with Crippen LogP contribution in [0.25, 0.3) is 33.6 Å². The van der Waals surface area contributed by atoms with E-state index < -0.39 is 10.0 Å². The van der Waals surface area contributed by atoms with E-state index in [1.807, 2.05) is 30.3 Å². The molecule has 1 atom stereocenters. The molecule has 1 unspecified atom stereocenters. The van der Waals surface area contributed by atoms with E-state index in [2.05, 4.69) is 15.3 Å². The van der Waals surface area contributed by atoms with Gasteiger partial charge in [0.05, 0.1) is 16.4 Å². The topological polar surface area (TPSA) is 97.6 Å². The lowest BCUT2D eigenvalue weighted by Crippen LogP contribution is -2.22. The van der Waals surface area contributed by atoms with Gasteiger partial charge in [0, 0.05) is 38.4 Å². The molecule has 1 saturated heterocycles. The number of ether oxygens (including phenoxy) is 1. The van der Waals surface area contributed by atoms with Crippen LogP contribution in [-0.4, -0.2) is 56.0 Å². The number of aromatic nitrogens is 2. The summed E-state index contributed by atoms with van der Waals surface area (Å²) in [5.74, 6) is 1.29. The van der Waals surface area contributed by atoms with Crippen molar-refractivity contribution in [3.05, 3.63) is 60.9 Å². The Morgan fingerprint density at radius 3 is 2.47 bits per heavy atom. The van der Waals surface area contributed by atoms with Gasteiger partial charge in [0.25, 0.3) is 0 Å². The molecule has 34 heavy (non-hydrogen) atoms. The molecule has 0 radical (unpaired) electrons. The van der Waals surface area contributed by atoms with E-state index >= 15 is 0 Å². The van der Waals surface area contributed by atoms with Crippen LogP contribution < -0.4 is 5.32 Å². The fourth-order valence-corrected chi connectivity index (χ4v) is 5.06. The minimum atomic E-state index is -3.53. The van der Waals surface area contributed by atoms with Gasteiger partial charge < -0.3 is 14.5 Å². The van der Waals surface area contributed by atoms with Crippen LogP contribution in [0.3, 0.4) is 0 Å². The maximum atomic E-state index is 12.5. The normalized spacial score (nSPS) is 16.4. The molecule has 1 aliphatic heterocycles. The molecule has 1 fully saturated rings. The lowest BCUT2D eigenvalue weighted by Gasteiger charge is -2.12. The van der Waals surface area contributed by atoms with Crippen LogP contribution in [0.15, 0.2) is 70.2 Å². The van der Waals surface area contributed by atoms with Crippen molar-refractivity contribution in [2.45, 2.75) is 23.8 Å². The summed E-state index contributed by atoms with van der Waals surface area (Å²) in [7, 11) is -0.499. The summed E-state index contributed by atoms with van der Waals surface area (Å²) in [6.07, 6.45) is 3.72. The molecule has 4 aromatic rings.